The van der Waals surface area contributed by atoms with E-state index < -0.39 is 0 Å². The average molecular weight is 205 g/mol. The van der Waals surface area contributed by atoms with E-state index in [0.717, 1.165) is 24.0 Å². The Labute approximate surface area is 87.6 Å². The minimum Gasteiger partial charge on any atom is -0.398 e. The summed E-state index contributed by atoms with van der Waals surface area (Å²) in [5, 5.41) is 9.19. The van der Waals surface area contributed by atoms with Gasteiger partial charge in [-0.25, -0.2) is 0 Å². The second kappa shape index (κ2) is 3.36. The fraction of sp³-hybridized carbons (Fsp3) is 0.182. The highest BCUT2D eigenvalue weighted by molar-refractivity contribution is 6.33. The first kappa shape index (κ1) is 9.11. The smallest absolute Gasteiger partial charge is 0.0915 e. The number of nitrogens with two attached hydrogens (primary N) is 1. The number of hydrogen-bond acceptors (Lipinski definition) is 2. The van der Waals surface area contributed by atoms with Crippen LogP contribution < -0.4 is 5.73 Å². The summed E-state index contributed by atoms with van der Waals surface area (Å²) in [6.07, 6.45) is 3.44. The number of allylic oxidation sites excluding steroid dienone is 2. The molecule has 2 rings (SSSR count). The Kier molecular flexibility index (Phi) is 2.18. The van der Waals surface area contributed by atoms with Gasteiger partial charge in [-0.3, -0.25) is 0 Å². The van der Waals surface area contributed by atoms with E-state index in [4.69, 9.17) is 22.6 Å². The predicted octanol–water partition coefficient (Wildman–Crippen LogP) is 2.78. The summed E-state index contributed by atoms with van der Waals surface area (Å²) >= 11 is 5.91. The highest BCUT2D eigenvalue weighted by Gasteiger charge is 2.17. The number of fused-ring (bicyclic) bond motifs is 1. The van der Waals surface area contributed by atoms with Crippen LogP contribution >= 0.6 is 11.6 Å². The lowest BCUT2D eigenvalue weighted by atomic mass is 10.1. The maximum absolute atomic E-state index is 8.59. The fourth-order valence-corrected chi connectivity index (χ4v) is 1.96. The number of nitrogen functional groups attached to an aromatic ring is 1. The summed E-state index contributed by atoms with van der Waals surface area (Å²) in [6, 6.07) is 5.80. The summed E-state index contributed by atoms with van der Waals surface area (Å²) in [5.74, 6) is 0. The molecular formula is C11H9ClN2. The summed E-state index contributed by atoms with van der Waals surface area (Å²) in [7, 11) is 0. The molecule has 1 aliphatic carbocycles. The molecular weight excluding hydrogens is 196 g/mol. The third kappa shape index (κ3) is 1.36. The monoisotopic (exact) mass is 204 g/mol. The lowest BCUT2D eigenvalue weighted by Crippen LogP contribution is -1.90. The molecule has 1 aromatic rings. The number of aryl methyl sites for hydroxylation is 1. The summed E-state index contributed by atoms with van der Waals surface area (Å²) in [6.45, 7) is 0. The van der Waals surface area contributed by atoms with Crippen LogP contribution in [0.4, 0.5) is 5.69 Å². The van der Waals surface area contributed by atoms with Gasteiger partial charge in [0.25, 0.3) is 0 Å². The van der Waals surface area contributed by atoms with Gasteiger partial charge in [0.05, 0.1) is 16.8 Å². The first-order valence-corrected chi connectivity index (χ1v) is 4.77. The van der Waals surface area contributed by atoms with Crippen LogP contribution in [0.25, 0.3) is 5.57 Å². The number of hydrogen-bond donors (Lipinski definition) is 1. The molecule has 0 aromatic heterocycles. The molecule has 70 valence electrons. The van der Waals surface area contributed by atoms with E-state index in [1.165, 1.54) is 5.56 Å². The number of nitrogens with zero attached hydrogens (tertiary/aromatic N) is 1. The number of anilines is 1. The Morgan fingerprint density at radius 1 is 1.43 bits per heavy atom. The number of halogens is 1. The first-order chi connectivity index (χ1) is 6.72. The second-order valence-corrected chi connectivity index (χ2v) is 3.74. The molecule has 0 aliphatic heterocycles. The first-order valence-electron chi connectivity index (χ1n) is 4.39. The summed E-state index contributed by atoms with van der Waals surface area (Å²) < 4.78 is 0. The number of rotatable bonds is 0. The third-order valence-electron chi connectivity index (χ3n) is 2.47. The topological polar surface area (TPSA) is 49.8 Å². The Balaban J connectivity index is 2.57. The average Bonchev–Trinajstić information content (AvgIpc) is 2.51. The van der Waals surface area contributed by atoms with Gasteiger partial charge in [-0.2, -0.15) is 5.26 Å². The van der Waals surface area contributed by atoms with Crippen molar-refractivity contribution in [3.05, 3.63) is 34.4 Å². The molecule has 2 N–H and O–H groups in total. The molecule has 1 aliphatic rings. The lowest BCUT2D eigenvalue weighted by Gasteiger charge is -2.03. The highest BCUT2D eigenvalue weighted by Crippen LogP contribution is 2.36. The van der Waals surface area contributed by atoms with E-state index in [0.29, 0.717) is 10.7 Å². The zero-order valence-electron chi connectivity index (χ0n) is 7.55. The zero-order valence-corrected chi connectivity index (χ0v) is 8.30. The van der Waals surface area contributed by atoms with Gasteiger partial charge >= 0.3 is 0 Å². The molecule has 0 unspecified atom stereocenters. The Bertz CT molecular complexity index is 455. The van der Waals surface area contributed by atoms with E-state index in [9.17, 15) is 0 Å². The SMILES string of the molecule is N#C/C=C1\CCc2cc(Cl)c(N)cc21. The van der Waals surface area contributed by atoms with Crippen molar-refractivity contribution in [1.82, 2.24) is 0 Å². The molecule has 0 fully saturated rings. The third-order valence-corrected chi connectivity index (χ3v) is 2.80. The second-order valence-electron chi connectivity index (χ2n) is 3.33. The van der Waals surface area contributed by atoms with E-state index in [1.54, 1.807) is 6.08 Å². The molecule has 1 aromatic carbocycles. The van der Waals surface area contributed by atoms with Gasteiger partial charge in [-0.1, -0.05) is 11.6 Å². The van der Waals surface area contributed by atoms with Crippen molar-refractivity contribution >= 4 is 22.9 Å². The van der Waals surface area contributed by atoms with Crippen molar-refractivity contribution in [2.24, 2.45) is 0 Å². The molecule has 0 heterocycles. The lowest BCUT2D eigenvalue weighted by molar-refractivity contribution is 1.08. The van der Waals surface area contributed by atoms with Gasteiger partial charge in [0, 0.05) is 6.08 Å². The molecule has 14 heavy (non-hydrogen) atoms. The van der Waals surface area contributed by atoms with Gasteiger partial charge in [0.15, 0.2) is 0 Å². The zero-order chi connectivity index (χ0) is 10.1. The minimum atomic E-state index is 0.580. The van der Waals surface area contributed by atoms with E-state index in [1.807, 2.05) is 18.2 Å². The van der Waals surface area contributed by atoms with E-state index in [2.05, 4.69) is 0 Å². The van der Waals surface area contributed by atoms with Gasteiger partial charge < -0.3 is 5.73 Å². The highest BCUT2D eigenvalue weighted by atomic mass is 35.5. The quantitative estimate of drug-likeness (QED) is 0.522. The van der Waals surface area contributed by atoms with Gasteiger partial charge in [0.1, 0.15) is 0 Å². The van der Waals surface area contributed by atoms with E-state index in [-0.39, 0.29) is 0 Å². The largest absolute Gasteiger partial charge is 0.398 e. The van der Waals surface area contributed by atoms with Crippen LogP contribution in [-0.2, 0) is 6.42 Å². The van der Waals surface area contributed by atoms with Crippen molar-refractivity contribution in [2.45, 2.75) is 12.8 Å². The van der Waals surface area contributed by atoms with Crippen LogP contribution in [0.1, 0.15) is 17.5 Å². The van der Waals surface area contributed by atoms with Crippen LogP contribution in [0.15, 0.2) is 18.2 Å². The van der Waals surface area contributed by atoms with Crippen molar-refractivity contribution in [3.63, 3.8) is 0 Å². The van der Waals surface area contributed by atoms with Crippen LogP contribution in [0.3, 0.4) is 0 Å². The molecule has 0 amide bonds. The van der Waals surface area contributed by atoms with Crippen molar-refractivity contribution in [1.29, 1.82) is 5.26 Å². The van der Waals surface area contributed by atoms with Crippen LogP contribution in [0, 0.1) is 11.3 Å². The van der Waals surface area contributed by atoms with Gasteiger partial charge in [-0.05, 0) is 41.7 Å². The molecule has 0 bridgehead atoms. The Hall–Kier alpha value is -1.46. The standard InChI is InChI=1S/C11H9ClN2/c12-10-5-8-2-1-7(3-4-13)9(8)6-11(10)14/h3,5-6H,1-2,14H2/b7-3+. The molecule has 0 spiro atoms. The van der Waals surface area contributed by atoms with Crippen molar-refractivity contribution in [2.75, 3.05) is 5.73 Å². The summed E-state index contributed by atoms with van der Waals surface area (Å²) in [4.78, 5) is 0. The Morgan fingerprint density at radius 2 is 2.21 bits per heavy atom. The van der Waals surface area contributed by atoms with Crippen molar-refractivity contribution < 1.29 is 0 Å². The van der Waals surface area contributed by atoms with Crippen molar-refractivity contribution in [3.8, 4) is 6.07 Å². The summed E-state index contributed by atoms with van der Waals surface area (Å²) in [5.41, 5.74) is 9.61. The molecule has 0 atom stereocenters. The predicted molar refractivity (Wildman–Crippen MR) is 57.8 cm³/mol. The maximum atomic E-state index is 8.59. The molecule has 0 radical (unpaired) electrons. The van der Waals surface area contributed by atoms with Crippen LogP contribution in [0.5, 0.6) is 0 Å². The molecule has 0 saturated heterocycles. The Morgan fingerprint density at radius 3 is 2.93 bits per heavy atom. The minimum absolute atomic E-state index is 0.580. The van der Waals surface area contributed by atoms with Gasteiger partial charge in [-0.15, -0.1) is 0 Å². The molecule has 2 nitrogen and oxygen atoms in total. The molecule has 0 saturated carbocycles. The normalized spacial score (nSPS) is 16.7. The van der Waals surface area contributed by atoms with E-state index >= 15 is 0 Å². The number of benzene rings is 1. The van der Waals surface area contributed by atoms with Gasteiger partial charge in [0.2, 0.25) is 0 Å². The van der Waals surface area contributed by atoms with Crippen LogP contribution in [0.2, 0.25) is 5.02 Å². The fourth-order valence-electron chi connectivity index (χ4n) is 1.77. The number of nitriles is 1. The molecule has 3 heteroatoms. The van der Waals surface area contributed by atoms with Crippen LogP contribution in [-0.4, -0.2) is 0 Å². The maximum Gasteiger partial charge on any atom is 0.0915 e.